The van der Waals surface area contributed by atoms with Crippen molar-refractivity contribution in [1.29, 1.82) is 0 Å². The van der Waals surface area contributed by atoms with Crippen LogP contribution in [0.3, 0.4) is 0 Å². The Morgan fingerprint density at radius 2 is 2.23 bits per heavy atom. The highest BCUT2D eigenvalue weighted by Crippen LogP contribution is 2.47. The monoisotopic (exact) mass is 176 g/mol. The number of pyridine rings is 1. The van der Waals surface area contributed by atoms with Gasteiger partial charge in [0.1, 0.15) is 5.60 Å². The van der Waals surface area contributed by atoms with E-state index in [-0.39, 0.29) is 5.60 Å². The largest absolute Gasteiger partial charge is 0.466 e. The summed E-state index contributed by atoms with van der Waals surface area (Å²) in [7, 11) is 0. The molecule has 0 radical (unpaired) electrons. The van der Waals surface area contributed by atoms with Crippen molar-refractivity contribution < 1.29 is 4.74 Å². The Hall–Kier alpha value is -1.09. The average Bonchev–Trinajstić information content (AvgIpc) is 2.18. The molecule has 68 valence electrons. The van der Waals surface area contributed by atoms with E-state index in [1.165, 1.54) is 5.56 Å². The lowest BCUT2D eigenvalue weighted by Crippen LogP contribution is -2.49. The van der Waals surface area contributed by atoms with Crippen molar-refractivity contribution in [3.05, 3.63) is 23.9 Å². The summed E-state index contributed by atoms with van der Waals surface area (Å²) in [6.45, 7) is 2.10. The van der Waals surface area contributed by atoms with Gasteiger partial charge in [-0.05, 0) is 25.2 Å². The molecular formula is C10H12N2O. The van der Waals surface area contributed by atoms with Crippen molar-refractivity contribution in [2.75, 3.05) is 13.1 Å². The molecule has 1 spiro atoms. The molecule has 1 aromatic rings. The van der Waals surface area contributed by atoms with Crippen molar-refractivity contribution in [2.24, 2.45) is 0 Å². The SMILES string of the molecule is c1cnc2c(c1)C1(CCNCC1)O2. The molecule has 2 aliphatic rings. The van der Waals surface area contributed by atoms with E-state index in [2.05, 4.69) is 16.4 Å². The first kappa shape index (κ1) is 7.33. The van der Waals surface area contributed by atoms with Crippen LogP contribution in [0.4, 0.5) is 0 Å². The Morgan fingerprint density at radius 1 is 1.38 bits per heavy atom. The fourth-order valence-corrected chi connectivity index (χ4v) is 2.21. The Labute approximate surface area is 77.1 Å². The zero-order valence-corrected chi connectivity index (χ0v) is 7.42. The van der Waals surface area contributed by atoms with E-state index in [9.17, 15) is 0 Å². The van der Waals surface area contributed by atoms with Gasteiger partial charge in [-0.15, -0.1) is 0 Å². The molecule has 0 amide bonds. The van der Waals surface area contributed by atoms with Crippen molar-refractivity contribution in [2.45, 2.75) is 18.4 Å². The van der Waals surface area contributed by atoms with E-state index in [0.29, 0.717) is 0 Å². The first-order valence-corrected chi connectivity index (χ1v) is 4.76. The summed E-state index contributed by atoms with van der Waals surface area (Å²) in [6, 6.07) is 4.13. The summed E-state index contributed by atoms with van der Waals surface area (Å²) in [5.74, 6) is 0.837. The minimum atomic E-state index is 0.00877. The molecule has 13 heavy (non-hydrogen) atoms. The van der Waals surface area contributed by atoms with E-state index >= 15 is 0 Å². The van der Waals surface area contributed by atoms with Gasteiger partial charge in [0.05, 0.1) is 5.56 Å². The number of hydrogen-bond donors (Lipinski definition) is 1. The maximum Gasteiger partial charge on any atom is 0.221 e. The zero-order valence-electron chi connectivity index (χ0n) is 7.42. The van der Waals surface area contributed by atoms with Crippen LogP contribution in [0.5, 0.6) is 5.88 Å². The summed E-state index contributed by atoms with van der Waals surface area (Å²) in [5, 5.41) is 3.34. The van der Waals surface area contributed by atoms with Gasteiger partial charge < -0.3 is 10.1 Å². The lowest BCUT2D eigenvalue weighted by Gasteiger charge is -2.45. The molecule has 0 saturated carbocycles. The second kappa shape index (κ2) is 2.45. The number of rotatable bonds is 0. The number of fused-ring (bicyclic) bond motifs is 2. The molecular weight excluding hydrogens is 164 g/mol. The van der Waals surface area contributed by atoms with Crippen molar-refractivity contribution in [1.82, 2.24) is 10.3 Å². The maximum atomic E-state index is 5.76. The molecule has 3 rings (SSSR count). The molecule has 1 N–H and O–H groups in total. The Bertz CT molecular complexity index is 331. The Balaban J connectivity index is 1.97. The van der Waals surface area contributed by atoms with Gasteiger partial charge in [0, 0.05) is 19.0 Å². The van der Waals surface area contributed by atoms with E-state index in [0.717, 1.165) is 31.8 Å². The molecule has 0 unspecified atom stereocenters. The third kappa shape index (κ3) is 0.907. The summed E-state index contributed by atoms with van der Waals surface area (Å²) < 4.78 is 5.76. The van der Waals surface area contributed by atoms with E-state index in [1.807, 2.05) is 6.07 Å². The number of nitrogens with zero attached hydrogens (tertiary/aromatic N) is 1. The Morgan fingerprint density at radius 3 is 3.00 bits per heavy atom. The molecule has 0 atom stereocenters. The summed E-state index contributed by atoms with van der Waals surface area (Å²) >= 11 is 0. The third-order valence-electron chi connectivity index (χ3n) is 2.97. The summed E-state index contributed by atoms with van der Waals surface area (Å²) in [4.78, 5) is 4.17. The molecule has 1 saturated heterocycles. The third-order valence-corrected chi connectivity index (χ3v) is 2.97. The van der Waals surface area contributed by atoms with Crippen LogP contribution >= 0.6 is 0 Å². The standard InChI is InChI=1S/C10H12N2O/c1-2-8-9(12-5-1)13-10(8)3-6-11-7-4-10/h1-2,5,11H,3-4,6-7H2. The normalized spacial score (nSPS) is 23.1. The smallest absolute Gasteiger partial charge is 0.221 e. The second-order valence-corrected chi connectivity index (χ2v) is 3.70. The van der Waals surface area contributed by atoms with Gasteiger partial charge in [0.25, 0.3) is 0 Å². The Kier molecular flexibility index (Phi) is 1.38. The van der Waals surface area contributed by atoms with E-state index in [1.54, 1.807) is 6.20 Å². The second-order valence-electron chi connectivity index (χ2n) is 3.70. The zero-order chi connectivity index (χ0) is 8.73. The van der Waals surface area contributed by atoms with Gasteiger partial charge in [-0.1, -0.05) is 0 Å². The number of hydrogen-bond acceptors (Lipinski definition) is 3. The summed E-state index contributed by atoms with van der Waals surface area (Å²) in [5.41, 5.74) is 1.31. The summed E-state index contributed by atoms with van der Waals surface area (Å²) in [6.07, 6.45) is 3.93. The minimum absolute atomic E-state index is 0.00877. The average molecular weight is 176 g/mol. The van der Waals surface area contributed by atoms with Crippen LogP contribution in [0.15, 0.2) is 18.3 Å². The lowest BCUT2D eigenvalue weighted by molar-refractivity contribution is -0.0213. The minimum Gasteiger partial charge on any atom is -0.466 e. The molecule has 1 aromatic heterocycles. The fourth-order valence-electron chi connectivity index (χ4n) is 2.21. The number of nitrogens with one attached hydrogen (secondary N) is 1. The highest BCUT2D eigenvalue weighted by atomic mass is 16.5. The van der Waals surface area contributed by atoms with Gasteiger partial charge in [-0.3, -0.25) is 0 Å². The number of ether oxygens (including phenoxy) is 1. The van der Waals surface area contributed by atoms with Crippen LogP contribution in [0.1, 0.15) is 18.4 Å². The molecule has 3 heteroatoms. The van der Waals surface area contributed by atoms with E-state index < -0.39 is 0 Å². The molecule has 0 bridgehead atoms. The van der Waals surface area contributed by atoms with E-state index in [4.69, 9.17) is 4.74 Å². The predicted octanol–water partition coefficient (Wildman–Crippen LogP) is 1.05. The number of piperidine rings is 1. The van der Waals surface area contributed by atoms with Crippen LogP contribution in [-0.2, 0) is 5.60 Å². The first-order valence-electron chi connectivity index (χ1n) is 4.76. The van der Waals surface area contributed by atoms with Gasteiger partial charge in [0.15, 0.2) is 0 Å². The lowest BCUT2D eigenvalue weighted by atomic mass is 9.82. The molecule has 1 fully saturated rings. The fraction of sp³-hybridized carbons (Fsp3) is 0.500. The van der Waals surface area contributed by atoms with Gasteiger partial charge in [-0.2, -0.15) is 0 Å². The number of aromatic nitrogens is 1. The maximum absolute atomic E-state index is 5.76. The molecule has 3 heterocycles. The molecule has 2 aliphatic heterocycles. The van der Waals surface area contributed by atoms with Crippen molar-refractivity contribution in [3.63, 3.8) is 0 Å². The highest BCUT2D eigenvalue weighted by molar-refractivity contribution is 5.40. The molecule has 0 aromatic carbocycles. The van der Waals surface area contributed by atoms with Crippen LogP contribution in [0, 0.1) is 0 Å². The van der Waals surface area contributed by atoms with Crippen LogP contribution in [0.2, 0.25) is 0 Å². The van der Waals surface area contributed by atoms with Gasteiger partial charge in [-0.25, -0.2) is 4.98 Å². The molecule has 3 nitrogen and oxygen atoms in total. The molecule has 0 aliphatic carbocycles. The first-order chi connectivity index (χ1) is 6.41. The quantitative estimate of drug-likeness (QED) is 0.641. The van der Waals surface area contributed by atoms with Gasteiger partial charge in [0.2, 0.25) is 5.88 Å². The predicted molar refractivity (Wildman–Crippen MR) is 48.6 cm³/mol. The van der Waals surface area contributed by atoms with Crippen LogP contribution < -0.4 is 10.1 Å². The topological polar surface area (TPSA) is 34.2 Å². The van der Waals surface area contributed by atoms with Crippen molar-refractivity contribution >= 4 is 0 Å². The van der Waals surface area contributed by atoms with Crippen LogP contribution in [-0.4, -0.2) is 18.1 Å². The highest BCUT2D eigenvalue weighted by Gasteiger charge is 2.46. The van der Waals surface area contributed by atoms with Gasteiger partial charge >= 0.3 is 0 Å². The van der Waals surface area contributed by atoms with Crippen molar-refractivity contribution in [3.8, 4) is 5.88 Å². The van der Waals surface area contributed by atoms with Crippen LogP contribution in [0.25, 0.3) is 0 Å².